The quantitative estimate of drug-likeness (QED) is 0.704. The minimum absolute atomic E-state index is 0.0762. The minimum Gasteiger partial charge on any atom is -0.450 e. The number of hydrogen-bond donors (Lipinski definition) is 0. The zero-order valence-corrected chi connectivity index (χ0v) is 8.85. The molecule has 1 fully saturated rings. The molecule has 0 saturated heterocycles. The Morgan fingerprint density at radius 2 is 1.69 bits per heavy atom. The van der Waals surface area contributed by atoms with Gasteiger partial charge in [-0.15, -0.1) is 0 Å². The van der Waals surface area contributed by atoms with Gasteiger partial charge in [-0.2, -0.15) is 0 Å². The highest BCUT2D eigenvalue weighted by Crippen LogP contribution is 2.37. The Balaban J connectivity index is 1.75. The number of allylic oxidation sites excluding steroid dienone is 2. The molecule has 0 radical (unpaired) electrons. The number of carbonyl (C=O) groups is 1. The van der Waals surface area contributed by atoms with Gasteiger partial charge in [0.25, 0.3) is 0 Å². The van der Waals surface area contributed by atoms with Gasteiger partial charge in [0.1, 0.15) is 6.10 Å². The summed E-state index contributed by atoms with van der Waals surface area (Å²) in [6, 6.07) is 9.14. The lowest BCUT2D eigenvalue weighted by Crippen LogP contribution is -2.16. The molecule has 80 valence electrons. The molecule has 2 aliphatic rings. The molecule has 1 aromatic rings. The third kappa shape index (κ3) is 1.47. The maximum absolute atomic E-state index is 11.8. The molecule has 3 rings (SSSR count). The molecular formula is C14H12O2. The lowest BCUT2D eigenvalue weighted by molar-refractivity contribution is 0.0446. The molecule has 1 saturated carbocycles. The molecule has 0 spiro atoms. The average molecular weight is 212 g/mol. The molecule has 2 aliphatic carbocycles. The third-order valence-electron chi connectivity index (χ3n) is 3.12. The highest BCUT2D eigenvalue weighted by molar-refractivity contribution is 5.89. The summed E-state index contributed by atoms with van der Waals surface area (Å²) in [5.41, 5.74) is 3.09. The third-order valence-corrected chi connectivity index (χ3v) is 3.12. The molecule has 0 unspecified atom stereocenters. The molecular weight excluding hydrogens is 200 g/mol. The summed E-state index contributed by atoms with van der Waals surface area (Å²) in [6.45, 7) is 0. The Labute approximate surface area is 94.2 Å². The normalized spacial score (nSPS) is 18.2. The number of rotatable bonds is 2. The second-order valence-electron chi connectivity index (χ2n) is 4.13. The monoisotopic (exact) mass is 212 g/mol. The van der Waals surface area contributed by atoms with E-state index in [1.807, 2.05) is 18.2 Å². The van der Waals surface area contributed by atoms with Gasteiger partial charge < -0.3 is 4.74 Å². The zero-order valence-electron chi connectivity index (χ0n) is 8.85. The number of benzene rings is 1. The van der Waals surface area contributed by atoms with Gasteiger partial charge in [0.05, 0.1) is 5.56 Å². The van der Waals surface area contributed by atoms with Crippen molar-refractivity contribution in [2.24, 2.45) is 0 Å². The van der Waals surface area contributed by atoms with E-state index in [4.69, 9.17) is 4.74 Å². The van der Waals surface area contributed by atoms with Crippen molar-refractivity contribution >= 4 is 5.97 Å². The van der Waals surface area contributed by atoms with E-state index in [9.17, 15) is 4.79 Å². The van der Waals surface area contributed by atoms with Crippen LogP contribution in [0.2, 0.25) is 0 Å². The molecule has 0 N–H and O–H groups in total. The van der Waals surface area contributed by atoms with E-state index in [0.29, 0.717) is 5.56 Å². The molecule has 0 heterocycles. The molecule has 2 heteroatoms. The van der Waals surface area contributed by atoms with Gasteiger partial charge in [0.2, 0.25) is 0 Å². The SMILES string of the molecule is O=C(OC1C2=CC=C1CC2)c1ccccc1. The second kappa shape index (κ2) is 3.63. The largest absolute Gasteiger partial charge is 0.450 e. The average Bonchev–Trinajstić information content (AvgIpc) is 2.90. The molecule has 0 atom stereocenters. The van der Waals surface area contributed by atoms with Crippen LogP contribution < -0.4 is 0 Å². The first-order valence-corrected chi connectivity index (χ1v) is 5.50. The van der Waals surface area contributed by atoms with Crippen LogP contribution >= 0.6 is 0 Å². The van der Waals surface area contributed by atoms with Crippen LogP contribution in [0.25, 0.3) is 0 Å². The summed E-state index contributed by atoms with van der Waals surface area (Å²) in [7, 11) is 0. The Morgan fingerprint density at radius 3 is 2.25 bits per heavy atom. The fourth-order valence-corrected chi connectivity index (χ4v) is 2.25. The van der Waals surface area contributed by atoms with E-state index in [2.05, 4.69) is 12.2 Å². The maximum atomic E-state index is 11.8. The van der Waals surface area contributed by atoms with Crippen LogP contribution in [0.3, 0.4) is 0 Å². The van der Waals surface area contributed by atoms with Crippen molar-refractivity contribution in [2.45, 2.75) is 18.9 Å². The van der Waals surface area contributed by atoms with Crippen molar-refractivity contribution in [3.05, 3.63) is 59.2 Å². The van der Waals surface area contributed by atoms with Crippen LogP contribution in [0, 0.1) is 0 Å². The highest BCUT2D eigenvalue weighted by atomic mass is 16.5. The predicted octanol–water partition coefficient (Wildman–Crippen LogP) is 2.87. The standard InChI is InChI=1S/C14H12O2/c15-14(12-4-2-1-3-5-12)16-13-10-6-7-11(13)9-8-10/h1-7,13H,8-9H2. The molecule has 0 aromatic heterocycles. The molecule has 0 amide bonds. The van der Waals surface area contributed by atoms with E-state index in [0.717, 1.165) is 12.8 Å². The molecule has 0 aliphatic heterocycles. The van der Waals surface area contributed by atoms with Crippen LogP contribution in [0.5, 0.6) is 0 Å². The predicted molar refractivity (Wildman–Crippen MR) is 61.0 cm³/mol. The zero-order chi connectivity index (χ0) is 11.0. The van der Waals surface area contributed by atoms with Crippen LogP contribution in [-0.2, 0) is 4.74 Å². The second-order valence-corrected chi connectivity index (χ2v) is 4.13. The Hall–Kier alpha value is -1.83. The van der Waals surface area contributed by atoms with Crippen LogP contribution in [0.4, 0.5) is 0 Å². The summed E-state index contributed by atoms with van der Waals surface area (Å²) in [5.74, 6) is -0.230. The molecule has 16 heavy (non-hydrogen) atoms. The fourth-order valence-electron chi connectivity index (χ4n) is 2.25. The van der Waals surface area contributed by atoms with Gasteiger partial charge in [0, 0.05) is 0 Å². The maximum Gasteiger partial charge on any atom is 0.339 e. The minimum atomic E-state index is -0.230. The van der Waals surface area contributed by atoms with Crippen LogP contribution in [0.1, 0.15) is 23.2 Å². The summed E-state index contributed by atoms with van der Waals surface area (Å²) >= 11 is 0. The Morgan fingerprint density at radius 1 is 1.06 bits per heavy atom. The van der Waals surface area contributed by atoms with Gasteiger partial charge in [-0.3, -0.25) is 0 Å². The van der Waals surface area contributed by atoms with Crippen molar-refractivity contribution < 1.29 is 9.53 Å². The van der Waals surface area contributed by atoms with Crippen molar-refractivity contribution in [2.75, 3.05) is 0 Å². The Kier molecular flexibility index (Phi) is 2.13. The van der Waals surface area contributed by atoms with Gasteiger partial charge in [0.15, 0.2) is 0 Å². The van der Waals surface area contributed by atoms with E-state index < -0.39 is 0 Å². The molecule has 2 bridgehead atoms. The van der Waals surface area contributed by atoms with Gasteiger partial charge >= 0.3 is 5.97 Å². The van der Waals surface area contributed by atoms with Crippen molar-refractivity contribution in [3.63, 3.8) is 0 Å². The Bertz CT molecular complexity index is 463. The van der Waals surface area contributed by atoms with Crippen molar-refractivity contribution in [1.82, 2.24) is 0 Å². The van der Waals surface area contributed by atoms with E-state index in [-0.39, 0.29) is 12.1 Å². The fraction of sp³-hybridized carbons (Fsp3) is 0.214. The van der Waals surface area contributed by atoms with E-state index >= 15 is 0 Å². The summed E-state index contributed by atoms with van der Waals surface area (Å²) in [6.07, 6.45) is 6.15. The highest BCUT2D eigenvalue weighted by Gasteiger charge is 2.32. The van der Waals surface area contributed by atoms with Crippen LogP contribution in [0.15, 0.2) is 53.6 Å². The first kappa shape index (κ1) is 9.40. The lowest BCUT2D eigenvalue weighted by Gasteiger charge is -2.12. The number of carbonyl (C=O) groups excluding carboxylic acids is 1. The topological polar surface area (TPSA) is 26.3 Å². The number of fused-ring (bicyclic) bond motifs is 2. The van der Waals surface area contributed by atoms with Gasteiger partial charge in [-0.05, 0) is 36.1 Å². The molecule has 1 aromatic carbocycles. The summed E-state index contributed by atoms with van der Waals surface area (Å²) < 4.78 is 5.51. The number of esters is 1. The van der Waals surface area contributed by atoms with E-state index in [1.165, 1.54) is 11.1 Å². The van der Waals surface area contributed by atoms with Crippen molar-refractivity contribution in [3.8, 4) is 0 Å². The summed E-state index contributed by atoms with van der Waals surface area (Å²) in [5, 5.41) is 0. The number of hydrogen-bond acceptors (Lipinski definition) is 2. The first-order valence-electron chi connectivity index (χ1n) is 5.50. The van der Waals surface area contributed by atoms with Gasteiger partial charge in [-0.1, -0.05) is 30.4 Å². The number of ether oxygens (including phenoxy) is 1. The molecule has 2 nitrogen and oxygen atoms in total. The van der Waals surface area contributed by atoms with Crippen molar-refractivity contribution in [1.29, 1.82) is 0 Å². The summed E-state index contributed by atoms with van der Waals surface area (Å²) in [4.78, 5) is 11.8. The van der Waals surface area contributed by atoms with E-state index in [1.54, 1.807) is 12.1 Å². The smallest absolute Gasteiger partial charge is 0.339 e. The first-order chi connectivity index (χ1) is 7.84. The lowest BCUT2D eigenvalue weighted by atomic mass is 10.2. The van der Waals surface area contributed by atoms with Gasteiger partial charge in [-0.25, -0.2) is 4.79 Å². The van der Waals surface area contributed by atoms with Crippen LogP contribution in [-0.4, -0.2) is 12.1 Å².